The summed E-state index contributed by atoms with van der Waals surface area (Å²) in [5, 5.41) is 12.8. The van der Waals surface area contributed by atoms with Crippen molar-refractivity contribution in [3.8, 4) is 5.75 Å². The summed E-state index contributed by atoms with van der Waals surface area (Å²) in [7, 11) is 1.57. The zero-order valence-corrected chi connectivity index (χ0v) is 15.1. The van der Waals surface area contributed by atoms with Gasteiger partial charge in [0.15, 0.2) is 0 Å². The van der Waals surface area contributed by atoms with E-state index in [2.05, 4.69) is 10.3 Å². The normalized spacial score (nSPS) is 12.7. The quantitative estimate of drug-likeness (QED) is 0.771. The molecule has 7 nitrogen and oxygen atoms in total. The zero-order valence-electron chi connectivity index (χ0n) is 15.1. The molecule has 0 fully saturated rings. The Labute approximate surface area is 146 Å². The minimum Gasteiger partial charge on any atom is -0.497 e. The van der Waals surface area contributed by atoms with Crippen molar-refractivity contribution < 1.29 is 24.2 Å². The maximum atomic E-state index is 11.9. The molecular formula is C18H24N2O5. The molecule has 0 aliphatic rings. The van der Waals surface area contributed by atoms with Crippen LogP contribution in [0.1, 0.15) is 32.0 Å². The smallest absolute Gasteiger partial charge is 0.408 e. The first-order chi connectivity index (χ1) is 11.6. The minimum absolute atomic E-state index is 0.133. The highest BCUT2D eigenvalue weighted by molar-refractivity contribution is 5.87. The maximum absolute atomic E-state index is 11.9. The molecule has 0 aliphatic heterocycles. The number of ether oxygens (including phenoxy) is 2. The van der Waals surface area contributed by atoms with E-state index < -0.39 is 23.7 Å². The third-order valence-corrected chi connectivity index (χ3v) is 3.72. The standard InChI is InChI=1S/C18H24N2O5/c1-10-12(13-8-11(24-5)6-7-14(13)19-10)9-15(16(21)22)20-17(23)25-18(2,3)4/h6-8,15,19H,9H2,1-5H3,(H,20,23)(H,21,22)/t15-/m0/s1. The van der Waals surface area contributed by atoms with E-state index in [0.717, 1.165) is 22.2 Å². The number of fused-ring (bicyclic) bond motifs is 1. The van der Waals surface area contributed by atoms with Crippen molar-refractivity contribution in [3.05, 3.63) is 29.5 Å². The number of methoxy groups -OCH3 is 1. The van der Waals surface area contributed by atoms with Crippen LogP contribution in [0.3, 0.4) is 0 Å². The van der Waals surface area contributed by atoms with Gasteiger partial charge in [-0.25, -0.2) is 9.59 Å². The molecule has 0 radical (unpaired) electrons. The Morgan fingerprint density at radius 2 is 2.00 bits per heavy atom. The van der Waals surface area contributed by atoms with E-state index in [0.29, 0.717) is 5.75 Å². The summed E-state index contributed by atoms with van der Waals surface area (Å²) in [5.74, 6) is -0.442. The van der Waals surface area contributed by atoms with E-state index in [1.165, 1.54) is 0 Å². The molecule has 1 atom stereocenters. The summed E-state index contributed by atoms with van der Waals surface area (Å²) in [6, 6.07) is 4.46. The molecule has 0 bridgehead atoms. The highest BCUT2D eigenvalue weighted by atomic mass is 16.6. The summed E-state index contributed by atoms with van der Waals surface area (Å²) in [5.41, 5.74) is 1.85. The molecule has 1 aromatic carbocycles. The van der Waals surface area contributed by atoms with Crippen molar-refractivity contribution >= 4 is 23.0 Å². The van der Waals surface area contributed by atoms with Crippen molar-refractivity contribution in [3.63, 3.8) is 0 Å². The van der Waals surface area contributed by atoms with Crippen molar-refractivity contribution in [2.75, 3.05) is 7.11 Å². The van der Waals surface area contributed by atoms with Gasteiger partial charge in [-0.2, -0.15) is 0 Å². The fraction of sp³-hybridized carbons (Fsp3) is 0.444. The van der Waals surface area contributed by atoms with Gasteiger partial charge in [0.1, 0.15) is 17.4 Å². The number of hydrogen-bond donors (Lipinski definition) is 3. The van der Waals surface area contributed by atoms with Gasteiger partial charge < -0.3 is 24.9 Å². The van der Waals surface area contributed by atoms with E-state index in [1.54, 1.807) is 27.9 Å². The molecule has 0 spiro atoms. The first kappa shape index (κ1) is 18.6. The highest BCUT2D eigenvalue weighted by Crippen LogP contribution is 2.27. The van der Waals surface area contributed by atoms with Crippen LogP contribution in [0.15, 0.2) is 18.2 Å². The van der Waals surface area contributed by atoms with E-state index in [1.807, 2.05) is 25.1 Å². The topological polar surface area (TPSA) is 101 Å². The van der Waals surface area contributed by atoms with Crippen LogP contribution in [0.4, 0.5) is 4.79 Å². The second kappa shape index (κ2) is 7.04. The molecule has 1 aromatic heterocycles. The third kappa shape index (κ3) is 4.65. The van der Waals surface area contributed by atoms with Crippen molar-refractivity contribution in [2.24, 2.45) is 0 Å². The zero-order chi connectivity index (χ0) is 18.8. The number of carbonyl (C=O) groups excluding carboxylic acids is 1. The Morgan fingerprint density at radius 3 is 2.56 bits per heavy atom. The van der Waals surface area contributed by atoms with Crippen LogP contribution in [-0.2, 0) is 16.0 Å². The number of aromatic nitrogens is 1. The average molecular weight is 348 g/mol. The van der Waals surface area contributed by atoms with Gasteiger partial charge in [-0.1, -0.05) is 0 Å². The lowest BCUT2D eigenvalue weighted by atomic mass is 10.0. The molecule has 2 rings (SSSR count). The summed E-state index contributed by atoms with van der Waals surface area (Å²) in [4.78, 5) is 26.7. The molecule has 7 heteroatoms. The van der Waals surface area contributed by atoms with E-state index in [4.69, 9.17) is 9.47 Å². The lowest BCUT2D eigenvalue weighted by Gasteiger charge is -2.22. The number of carboxylic acids is 1. The predicted octanol–water partition coefficient (Wildman–Crippen LogP) is 3.01. The Balaban J connectivity index is 2.27. The third-order valence-electron chi connectivity index (χ3n) is 3.72. The molecule has 136 valence electrons. The van der Waals surface area contributed by atoms with Crippen molar-refractivity contribution in [1.29, 1.82) is 0 Å². The van der Waals surface area contributed by atoms with Gasteiger partial charge in [-0.15, -0.1) is 0 Å². The van der Waals surface area contributed by atoms with Crippen LogP contribution in [0.25, 0.3) is 10.9 Å². The van der Waals surface area contributed by atoms with E-state index in [-0.39, 0.29) is 6.42 Å². The molecule has 25 heavy (non-hydrogen) atoms. The second-order valence-electron chi connectivity index (χ2n) is 6.88. The lowest BCUT2D eigenvalue weighted by molar-refractivity contribution is -0.139. The fourth-order valence-corrected chi connectivity index (χ4v) is 2.61. The Morgan fingerprint density at radius 1 is 1.32 bits per heavy atom. The summed E-state index contributed by atoms with van der Waals surface area (Å²) in [6.07, 6.45) is -0.622. The number of aryl methyl sites for hydroxylation is 1. The van der Waals surface area contributed by atoms with E-state index in [9.17, 15) is 14.7 Å². The molecular weight excluding hydrogens is 324 g/mol. The molecule has 2 aromatic rings. The number of carboxylic acid groups (broad SMARTS) is 1. The highest BCUT2D eigenvalue weighted by Gasteiger charge is 2.26. The Hall–Kier alpha value is -2.70. The molecule has 0 saturated carbocycles. The lowest BCUT2D eigenvalue weighted by Crippen LogP contribution is -2.44. The van der Waals surface area contributed by atoms with Crippen LogP contribution in [0.5, 0.6) is 5.75 Å². The SMILES string of the molecule is COc1ccc2[nH]c(C)c(C[C@H](NC(=O)OC(C)(C)C)C(=O)O)c2c1. The number of rotatable bonds is 5. The predicted molar refractivity (Wildman–Crippen MR) is 94.1 cm³/mol. The first-order valence-corrected chi connectivity index (χ1v) is 7.98. The minimum atomic E-state index is -1.12. The van der Waals surface area contributed by atoms with Crippen LogP contribution in [0, 0.1) is 6.92 Å². The monoisotopic (exact) mass is 348 g/mol. The number of aromatic amines is 1. The van der Waals surface area contributed by atoms with Gasteiger partial charge in [-0.05, 0) is 51.5 Å². The Kier molecular flexibility index (Phi) is 5.25. The molecule has 0 aliphatic carbocycles. The van der Waals surface area contributed by atoms with Crippen LogP contribution in [0.2, 0.25) is 0 Å². The fourth-order valence-electron chi connectivity index (χ4n) is 2.61. The average Bonchev–Trinajstić information content (AvgIpc) is 2.79. The van der Waals surface area contributed by atoms with Crippen LogP contribution in [-0.4, -0.2) is 40.9 Å². The number of nitrogens with one attached hydrogen (secondary N) is 2. The number of carbonyl (C=O) groups is 2. The number of alkyl carbamates (subject to hydrolysis) is 1. The molecule has 0 saturated heterocycles. The molecule has 0 unspecified atom stereocenters. The molecule has 1 heterocycles. The number of H-pyrrole nitrogens is 1. The van der Waals surface area contributed by atoms with Crippen molar-refractivity contribution in [1.82, 2.24) is 10.3 Å². The number of hydrogen-bond acceptors (Lipinski definition) is 4. The second-order valence-corrected chi connectivity index (χ2v) is 6.88. The van der Waals surface area contributed by atoms with Gasteiger partial charge in [0.25, 0.3) is 0 Å². The van der Waals surface area contributed by atoms with Crippen LogP contribution >= 0.6 is 0 Å². The summed E-state index contributed by atoms with van der Waals surface area (Å²) >= 11 is 0. The Bertz CT molecular complexity index is 789. The van der Waals surface area contributed by atoms with Gasteiger partial charge in [0.05, 0.1) is 7.11 Å². The first-order valence-electron chi connectivity index (χ1n) is 7.98. The maximum Gasteiger partial charge on any atom is 0.408 e. The summed E-state index contributed by atoms with van der Waals surface area (Å²) < 4.78 is 10.4. The van der Waals surface area contributed by atoms with Gasteiger partial charge in [-0.3, -0.25) is 0 Å². The molecule has 1 amide bonds. The summed E-state index contributed by atoms with van der Waals surface area (Å²) in [6.45, 7) is 7.03. The number of aliphatic carboxylic acids is 1. The van der Waals surface area contributed by atoms with Gasteiger partial charge in [0, 0.05) is 23.0 Å². The van der Waals surface area contributed by atoms with E-state index >= 15 is 0 Å². The number of amides is 1. The molecule has 3 N–H and O–H groups in total. The van der Waals surface area contributed by atoms with Crippen LogP contribution < -0.4 is 10.1 Å². The van der Waals surface area contributed by atoms with Gasteiger partial charge in [0.2, 0.25) is 0 Å². The van der Waals surface area contributed by atoms with Crippen molar-refractivity contribution in [2.45, 2.75) is 45.8 Å². The van der Waals surface area contributed by atoms with Gasteiger partial charge >= 0.3 is 12.1 Å². The number of benzene rings is 1. The largest absolute Gasteiger partial charge is 0.497 e.